The molecule has 0 unspecified atom stereocenters. The second kappa shape index (κ2) is 6.11. The molecule has 1 aliphatic rings. The number of hydrogen-bond donors (Lipinski definition) is 1. The van der Waals surface area contributed by atoms with Gasteiger partial charge in [-0.3, -0.25) is 0 Å². The summed E-state index contributed by atoms with van der Waals surface area (Å²) in [6, 6.07) is 2.13. The van der Waals surface area contributed by atoms with Crippen molar-refractivity contribution < 1.29 is 9.47 Å². The Hall–Kier alpha value is -1.48. The summed E-state index contributed by atoms with van der Waals surface area (Å²) in [5.41, 5.74) is 3.87. The van der Waals surface area contributed by atoms with Crippen LogP contribution in [0.15, 0.2) is 12.1 Å². The molecule has 19 heavy (non-hydrogen) atoms. The van der Waals surface area contributed by atoms with E-state index in [0.717, 1.165) is 24.5 Å². The van der Waals surface area contributed by atoms with Crippen molar-refractivity contribution in [2.45, 2.75) is 33.1 Å². The van der Waals surface area contributed by atoms with E-state index in [1.807, 2.05) is 7.05 Å². The smallest absolute Gasteiger partial charge is 0.231 e. The Morgan fingerprint density at radius 2 is 2.16 bits per heavy atom. The van der Waals surface area contributed by atoms with Crippen LogP contribution in [0.4, 0.5) is 0 Å². The van der Waals surface area contributed by atoms with Crippen molar-refractivity contribution in [1.82, 2.24) is 5.32 Å². The maximum absolute atomic E-state index is 5.67. The largest absolute Gasteiger partial charge is 0.454 e. The van der Waals surface area contributed by atoms with Gasteiger partial charge in [0.15, 0.2) is 11.5 Å². The van der Waals surface area contributed by atoms with E-state index < -0.39 is 0 Å². The maximum atomic E-state index is 5.67. The van der Waals surface area contributed by atoms with Crippen LogP contribution in [-0.2, 0) is 6.42 Å². The Balaban J connectivity index is 2.56. The van der Waals surface area contributed by atoms with Gasteiger partial charge in [-0.2, -0.15) is 0 Å². The molecule has 3 nitrogen and oxygen atoms in total. The third-order valence-corrected chi connectivity index (χ3v) is 3.38. The fourth-order valence-electron chi connectivity index (χ4n) is 2.54. The van der Waals surface area contributed by atoms with Gasteiger partial charge in [0.2, 0.25) is 6.79 Å². The first kappa shape index (κ1) is 13.9. The molecule has 0 saturated carbocycles. The van der Waals surface area contributed by atoms with E-state index in [-0.39, 0.29) is 0 Å². The minimum absolute atomic E-state index is 0.333. The number of allylic oxidation sites excluding steroid dienone is 1. The lowest BCUT2D eigenvalue weighted by molar-refractivity contribution is 0.173. The highest BCUT2D eigenvalue weighted by atomic mass is 16.7. The summed E-state index contributed by atoms with van der Waals surface area (Å²) in [4.78, 5) is 0. The van der Waals surface area contributed by atoms with Crippen LogP contribution in [0.2, 0.25) is 0 Å². The molecule has 0 spiro atoms. The van der Waals surface area contributed by atoms with Crippen molar-refractivity contribution in [1.29, 1.82) is 0 Å². The molecule has 0 amide bonds. The Kier molecular flexibility index (Phi) is 4.48. The van der Waals surface area contributed by atoms with Crippen molar-refractivity contribution in [3.8, 4) is 11.5 Å². The molecule has 1 aromatic carbocycles. The number of fused-ring (bicyclic) bond motifs is 1. The van der Waals surface area contributed by atoms with Crippen molar-refractivity contribution in [2.24, 2.45) is 0 Å². The number of ether oxygens (including phenoxy) is 2. The molecular weight excluding hydrogens is 238 g/mol. The summed E-state index contributed by atoms with van der Waals surface area (Å²) in [5.74, 6) is 2.23. The molecule has 0 radical (unpaired) electrons. The van der Waals surface area contributed by atoms with Crippen LogP contribution in [0.1, 0.15) is 43.4 Å². The van der Waals surface area contributed by atoms with E-state index in [2.05, 4.69) is 44.3 Å². The van der Waals surface area contributed by atoms with E-state index in [9.17, 15) is 0 Å². The zero-order valence-corrected chi connectivity index (χ0v) is 12.2. The lowest BCUT2D eigenvalue weighted by atomic mass is 9.90. The van der Waals surface area contributed by atoms with Crippen molar-refractivity contribution >= 4 is 6.08 Å². The predicted molar refractivity (Wildman–Crippen MR) is 79.0 cm³/mol. The minimum atomic E-state index is 0.333. The first-order valence-electron chi connectivity index (χ1n) is 6.91. The van der Waals surface area contributed by atoms with Crippen LogP contribution in [0.25, 0.3) is 6.08 Å². The van der Waals surface area contributed by atoms with Crippen LogP contribution in [0.5, 0.6) is 11.5 Å². The van der Waals surface area contributed by atoms with Gasteiger partial charge in [0, 0.05) is 5.56 Å². The van der Waals surface area contributed by atoms with Crippen LogP contribution in [0.3, 0.4) is 0 Å². The number of likely N-dealkylation sites (N-methyl/N-ethyl adjacent to an activating group) is 1. The normalized spacial score (nSPS) is 13.7. The van der Waals surface area contributed by atoms with Crippen molar-refractivity contribution in [2.75, 3.05) is 20.4 Å². The van der Waals surface area contributed by atoms with Crippen molar-refractivity contribution in [3.05, 3.63) is 28.8 Å². The summed E-state index contributed by atoms with van der Waals surface area (Å²) >= 11 is 0. The molecule has 1 heterocycles. The minimum Gasteiger partial charge on any atom is -0.454 e. The van der Waals surface area contributed by atoms with E-state index in [1.165, 1.54) is 16.7 Å². The Labute approximate surface area is 115 Å². The summed E-state index contributed by atoms with van der Waals surface area (Å²) in [7, 11) is 1.98. The van der Waals surface area contributed by atoms with Crippen LogP contribution >= 0.6 is 0 Å². The molecule has 1 aliphatic heterocycles. The fraction of sp³-hybridized carbons (Fsp3) is 0.500. The standard InChI is InChI=1S/C16H23NO2/c1-5-6-13-12(7-8-17-4)9-14-16(19-10-18-14)15(13)11(2)3/h5-6,9,11,17H,7-8,10H2,1-4H3. The lowest BCUT2D eigenvalue weighted by Crippen LogP contribution is -2.12. The molecule has 0 aromatic heterocycles. The molecule has 1 aromatic rings. The van der Waals surface area contributed by atoms with E-state index in [1.54, 1.807) is 0 Å². The van der Waals surface area contributed by atoms with Gasteiger partial charge in [-0.05, 0) is 50.0 Å². The number of nitrogens with one attached hydrogen (secondary N) is 1. The molecule has 0 aliphatic carbocycles. The highest BCUT2D eigenvalue weighted by molar-refractivity contribution is 5.67. The average molecular weight is 261 g/mol. The first-order valence-corrected chi connectivity index (χ1v) is 6.91. The molecule has 3 heteroatoms. The number of benzene rings is 1. The monoisotopic (exact) mass is 261 g/mol. The topological polar surface area (TPSA) is 30.5 Å². The van der Waals surface area contributed by atoms with E-state index >= 15 is 0 Å². The third-order valence-electron chi connectivity index (χ3n) is 3.38. The molecule has 0 bridgehead atoms. The van der Waals surface area contributed by atoms with E-state index in [0.29, 0.717) is 12.7 Å². The second-order valence-corrected chi connectivity index (χ2v) is 5.11. The van der Waals surface area contributed by atoms with Gasteiger partial charge in [0.1, 0.15) is 0 Å². The van der Waals surface area contributed by atoms with Gasteiger partial charge in [-0.1, -0.05) is 26.0 Å². The molecular formula is C16H23NO2. The van der Waals surface area contributed by atoms with Gasteiger partial charge in [0.05, 0.1) is 0 Å². The van der Waals surface area contributed by atoms with Gasteiger partial charge >= 0.3 is 0 Å². The predicted octanol–water partition coefficient (Wildman–Crippen LogP) is 3.33. The molecule has 0 fully saturated rings. The third kappa shape index (κ3) is 2.76. The van der Waals surface area contributed by atoms with Crippen molar-refractivity contribution in [3.63, 3.8) is 0 Å². The summed E-state index contributed by atoms with van der Waals surface area (Å²) in [5, 5.41) is 3.21. The summed E-state index contributed by atoms with van der Waals surface area (Å²) in [6.07, 6.45) is 5.26. The molecule has 2 rings (SSSR count). The Bertz CT molecular complexity index is 478. The Morgan fingerprint density at radius 1 is 1.37 bits per heavy atom. The van der Waals surface area contributed by atoms with Gasteiger partial charge in [-0.15, -0.1) is 0 Å². The van der Waals surface area contributed by atoms with Crippen LogP contribution < -0.4 is 14.8 Å². The second-order valence-electron chi connectivity index (χ2n) is 5.11. The van der Waals surface area contributed by atoms with Crippen LogP contribution in [-0.4, -0.2) is 20.4 Å². The highest BCUT2D eigenvalue weighted by Crippen LogP contribution is 2.43. The highest BCUT2D eigenvalue weighted by Gasteiger charge is 2.24. The number of hydrogen-bond acceptors (Lipinski definition) is 3. The molecule has 104 valence electrons. The van der Waals surface area contributed by atoms with Gasteiger partial charge in [0.25, 0.3) is 0 Å². The number of rotatable bonds is 5. The molecule has 0 atom stereocenters. The maximum Gasteiger partial charge on any atom is 0.231 e. The lowest BCUT2D eigenvalue weighted by Gasteiger charge is -2.17. The first-order chi connectivity index (χ1) is 9.19. The van der Waals surface area contributed by atoms with Crippen LogP contribution in [0, 0.1) is 0 Å². The zero-order chi connectivity index (χ0) is 13.8. The average Bonchev–Trinajstić information content (AvgIpc) is 2.83. The quantitative estimate of drug-likeness (QED) is 0.882. The van der Waals surface area contributed by atoms with E-state index in [4.69, 9.17) is 9.47 Å². The molecule has 0 saturated heterocycles. The van der Waals surface area contributed by atoms with Gasteiger partial charge < -0.3 is 14.8 Å². The summed E-state index contributed by atoms with van der Waals surface area (Å²) < 4.78 is 11.2. The van der Waals surface area contributed by atoms with Gasteiger partial charge in [-0.25, -0.2) is 0 Å². The Morgan fingerprint density at radius 3 is 2.79 bits per heavy atom. The SMILES string of the molecule is CC=Cc1c(CCNC)cc2c(c1C(C)C)OCO2. The fourth-order valence-corrected chi connectivity index (χ4v) is 2.54. The zero-order valence-electron chi connectivity index (χ0n) is 12.2. The summed E-state index contributed by atoms with van der Waals surface area (Å²) in [6.45, 7) is 7.75. The molecule has 1 N–H and O–H groups in total.